The van der Waals surface area contributed by atoms with Crippen molar-refractivity contribution in [3.63, 3.8) is 0 Å². The van der Waals surface area contributed by atoms with E-state index in [1.165, 1.54) is 25.9 Å². The van der Waals surface area contributed by atoms with Gasteiger partial charge in [0, 0.05) is 31.0 Å². The Labute approximate surface area is 126 Å². The Bertz CT molecular complexity index is 592. The summed E-state index contributed by atoms with van der Waals surface area (Å²) in [5, 5.41) is 4.31. The first-order valence-corrected chi connectivity index (χ1v) is 7.77. The van der Waals surface area contributed by atoms with Crippen LogP contribution in [0.25, 0.3) is 11.3 Å². The van der Waals surface area contributed by atoms with E-state index in [1.807, 2.05) is 29.5 Å². The number of nitrogens with zero attached hydrogens (tertiary/aromatic N) is 5. The summed E-state index contributed by atoms with van der Waals surface area (Å²) in [5.41, 5.74) is 3.07. The zero-order valence-electron chi connectivity index (χ0n) is 12.9. The van der Waals surface area contributed by atoms with Gasteiger partial charge in [-0.2, -0.15) is 5.10 Å². The summed E-state index contributed by atoms with van der Waals surface area (Å²) < 4.78 is 1.92. The van der Waals surface area contributed by atoms with Gasteiger partial charge >= 0.3 is 0 Å². The predicted octanol–water partition coefficient (Wildman–Crippen LogP) is 2.24. The molecule has 5 nitrogen and oxygen atoms in total. The maximum absolute atomic E-state index is 4.78. The number of hydrogen-bond acceptors (Lipinski definition) is 4. The Kier molecular flexibility index (Phi) is 4.29. The van der Waals surface area contributed by atoms with Crippen molar-refractivity contribution in [1.29, 1.82) is 0 Å². The van der Waals surface area contributed by atoms with E-state index < -0.39 is 0 Å². The highest BCUT2D eigenvalue weighted by atomic mass is 15.3. The van der Waals surface area contributed by atoms with Crippen LogP contribution in [0.5, 0.6) is 0 Å². The van der Waals surface area contributed by atoms with Crippen LogP contribution in [-0.2, 0) is 13.0 Å². The Morgan fingerprint density at radius 2 is 2.19 bits per heavy atom. The number of aromatic nitrogens is 4. The number of rotatable bonds is 4. The van der Waals surface area contributed by atoms with Gasteiger partial charge in [-0.1, -0.05) is 0 Å². The van der Waals surface area contributed by atoms with E-state index in [0.717, 1.165) is 29.9 Å². The van der Waals surface area contributed by atoms with Crippen molar-refractivity contribution in [2.24, 2.45) is 5.92 Å². The fourth-order valence-electron chi connectivity index (χ4n) is 3.05. The molecule has 2 aromatic heterocycles. The summed E-state index contributed by atoms with van der Waals surface area (Å²) in [6.07, 6.45) is 11.2. The van der Waals surface area contributed by atoms with Crippen LogP contribution in [0.3, 0.4) is 0 Å². The molecule has 0 bridgehead atoms. The van der Waals surface area contributed by atoms with Gasteiger partial charge in [0.25, 0.3) is 0 Å². The normalized spacial score (nSPS) is 19.8. The SMILES string of the molecule is CCn1cc(-c2cncc(C[C@@H]3CCCN(C)C3)n2)cn1. The first-order chi connectivity index (χ1) is 10.2. The molecule has 0 aromatic carbocycles. The van der Waals surface area contributed by atoms with Crippen LogP contribution in [0.4, 0.5) is 0 Å². The molecule has 2 aromatic rings. The molecule has 3 rings (SSSR count). The number of piperidine rings is 1. The molecule has 0 N–H and O–H groups in total. The van der Waals surface area contributed by atoms with Gasteiger partial charge in [0.2, 0.25) is 0 Å². The van der Waals surface area contributed by atoms with Crippen LogP contribution >= 0.6 is 0 Å². The maximum atomic E-state index is 4.78. The molecule has 21 heavy (non-hydrogen) atoms. The van der Waals surface area contributed by atoms with Crippen molar-refractivity contribution in [1.82, 2.24) is 24.6 Å². The smallest absolute Gasteiger partial charge is 0.0920 e. The third kappa shape index (κ3) is 3.47. The van der Waals surface area contributed by atoms with Gasteiger partial charge in [-0.25, -0.2) is 4.98 Å². The van der Waals surface area contributed by atoms with E-state index >= 15 is 0 Å². The van der Waals surface area contributed by atoms with Crippen molar-refractivity contribution >= 4 is 0 Å². The van der Waals surface area contributed by atoms with Crippen LogP contribution in [0.15, 0.2) is 24.8 Å². The first-order valence-electron chi connectivity index (χ1n) is 7.77. The minimum absolute atomic E-state index is 0.701. The van der Waals surface area contributed by atoms with E-state index in [4.69, 9.17) is 4.98 Å². The summed E-state index contributed by atoms with van der Waals surface area (Å²) in [4.78, 5) is 11.6. The van der Waals surface area contributed by atoms with E-state index in [1.54, 1.807) is 0 Å². The van der Waals surface area contributed by atoms with Gasteiger partial charge in [0.1, 0.15) is 0 Å². The summed E-state index contributed by atoms with van der Waals surface area (Å²) in [6.45, 7) is 5.35. The highest BCUT2D eigenvalue weighted by Gasteiger charge is 2.18. The average molecular weight is 285 g/mol. The monoisotopic (exact) mass is 285 g/mol. The van der Waals surface area contributed by atoms with Gasteiger partial charge in [-0.15, -0.1) is 0 Å². The molecule has 3 heterocycles. The van der Waals surface area contributed by atoms with Crippen LogP contribution in [0.2, 0.25) is 0 Å². The Balaban J connectivity index is 1.73. The summed E-state index contributed by atoms with van der Waals surface area (Å²) in [7, 11) is 2.20. The van der Waals surface area contributed by atoms with Gasteiger partial charge in [-0.3, -0.25) is 9.67 Å². The molecule has 0 unspecified atom stereocenters. The molecular weight excluding hydrogens is 262 g/mol. The van der Waals surface area contributed by atoms with Crippen molar-refractivity contribution in [2.45, 2.75) is 32.7 Å². The van der Waals surface area contributed by atoms with Crippen LogP contribution in [-0.4, -0.2) is 44.8 Å². The van der Waals surface area contributed by atoms with Crippen molar-refractivity contribution < 1.29 is 0 Å². The van der Waals surface area contributed by atoms with E-state index in [-0.39, 0.29) is 0 Å². The molecular formula is C16H23N5. The molecule has 1 aliphatic heterocycles. The van der Waals surface area contributed by atoms with Gasteiger partial charge in [0.05, 0.1) is 23.8 Å². The van der Waals surface area contributed by atoms with Crippen molar-refractivity contribution in [2.75, 3.05) is 20.1 Å². The second-order valence-electron chi connectivity index (χ2n) is 5.95. The molecule has 112 valence electrons. The minimum atomic E-state index is 0.701. The standard InChI is InChI=1S/C16H23N5/c1-3-21-12-14(8-18-21)16-10-17-9-15(19-16)7-13-5-4-6-20(2)11-13/h8-10,12-13H,3-7,11H2,1-2H3/t13-/m0/s1. The molecule has 1 aliphatic rings. The third-order valence-corrected chi connectivity index (χ3v) is 4.16. The molecule has 5 heteroatoms. The largest absolute Gasteiger partial charge is 0.306 e. The Morgan fingerprint density at radius 1 is 1.29 bits per heavy atom. The summed E-state index contributed by atoms with van der Waals surface area (Å²) in [5.74, 6) is 0.701. The predicted molar refractivity (Wildman–Crippen MR) is 82.9 cm³/mol. The highest BCUT2D eigenvalue weighted by Crippen LogP contribution is 2.21. The fraction of sp³-hybridized carbons (Fsp3) is 0.562. The van der Waals surface area contributed by atoms with Gasteiger partial charge < -0.3 is 4.90 Å². The molecule has 1 saturated heterocycles. The minimum Gasteiger partial charge on any atom is -0.306 e. The van der Waals surface area contributed by atoms with Crippen molar-refractivity contribution in [3.8, 4) is 11.3 Å². The molecule has 0 aliphatic carbocycles. The zero-order chi connectivity index (χ0) is 14.7. The number of likely N-dealkylation sites (tertiary alicyclic amines) is 1. The lowest BCUT2D eigenvalue weighted by Crippen LogP contribution is -2.33. The van der Waals surface area contributed by atoms with Crippen LogP contribution in [0.1, 0.15) is 25.5 Å². The van der Waals surface area contributed by atoms with Crippen LogP contribution < -0.4 is 0 Å². The second kappa shape index (κ2) is 6.35. The van der Waals surface area contributed by atoms with Crippen molar-refractivity contribution in [3.05, 3.63) is 30.5 Å². The maximum Gasteiger partial charge on any atom is 0.0920 e. The first kappa shape index (κ1) is 14.2. The highest BCUT2D eigenvalue weighted by molar-refractivity contribution is 5.55. The molecule has 0 spiro atoms. The van der Waals surface area contributed by atoms with Crippen LogP contribution in [0, 0.1) is 5.92 Å². The Morgan fingerprint density at radius 3 is 2.95 bits per heavy atom. The van der Waals surface area contributed by atoms with E-state index in [9.17, 15) is 0 Å². The second-order valence-corrected chi connectivity index (χ2v) is 5.95. The number of aryl methyl sites for hydroxylation is 1. The molecule has 0 amide bonds. The molecule has 1 atom stereocenters. The lowest BCUT2D eigenvalue weighted by molar-refractivity contribution is 0.208. The number of hydrogen-bond donors (Lipinski definition) is 0. The molecule has 0 radical (unpaired) electrons. The van der Waals surface area contributed by atoms with Gasteiger partial charge in [0.15, 0.2) is 0 Å². The third-order valence-electron chi connectivity index (χ3n) is 4.16. The van der Waals surface area contributed by atoms with Gasteiger partial charge in [-0.05, 0) is 45.7 Å². The average Bonchev–Trinajstić information content (AvgIpc) is 2.96. The summed E-state index contributed by atoms with van der Waals surface area (Å²) >= 11 is 0. The quantitative estimate of drug-likeness (QED) is 0.864. The lowest BCUT2D eigenvalue weighted by atomic mass is 9.94. The Hall–Kier alpha value is -1.75. The topological polar surface area (TPSA) is 46.8 Å². The molecule has 0 saturated carbocycles. The summed E-state index contributed by atoms with van der Waals surface area (Å²) in [6, 6.07) is 0. The van der Waals surface area contributed by atoms with E-state index in [0.29, 0.717) is 5.92 Å². The zero-order valence-corrected chi connectivity index (χ0v) is 12.9. The van der Waals surface area contributed by atoms with E-state index in [2.05, 4.69) is 29.0 Å². The molecule has 1 fully saturated rings. The lowest BCUT2D eigenvalue weighted by Gasteiger charge is -2.29. The fourth-order valence-corrected chi connectivity index (χ4v) is 3.05.